The first-order chi connectivity index (χ1) is 11.5. The first-order valence-corrected chi connectivity index (χ1v) is 7.48. The number of anilines is 1. The SMILES string of the molecule is C[C@H](Sc1nnc(C(F)(F)F)n1C)C(=O)Nc1ccc(F)c(F)c1F. The normalized spacial score (nSPS) is 13.0. The van der Waals surface area contributed by atoms with Gasteiger partial charge in [-0.25, -0.2) is 13.2 Å². The van der Waals surface area contributed by atoms with Gasteiger partial charge in [0.2, 0.25) is 11.7 Å². The van der Waals surface area contributed by atoms with Crippen LogP contribution in [0.3, 0.4) is 0 Å². The molecule has 0 spiro atoms. The summed E-state index contributed by atoms with van der Waals surface area (Å²) in [5.74, 6) is -6.83. The van der Waals surface area contributed by atoms with Crippen molar-refractivity contribution in [2.45, 2.75) is 23.5 Å². The van der Waals surface area contributed by atoms with Crippen LogP contribution in [0.15, 0.2) is 17.3 Å². The van der Waals surface area contributed by atoms with Crippen molar-refractivity contribution in [2.75, 3.05) is 5.32 Å². The van der Waals surface area contributed by atoms with Gasteiger partial charge >= 0.3 is 6.18 Å². The Hall–Kier alpha value is -2.24. The second-order valence-corrected chi connectivity index (χ2v) is 6.14. The van der Waals surface area contributed by atoms with Gasteiger partial charge in [-0.15, -0.1) is 10.2 Å². The largest absolute Gasteiger partial charge is 0.451 e. The Morgan fingerprint density at radius 2 is 1.84 bits per heavy atom. The fraction of sp³-hybridized carbons (Fsp3) is 0.308. The molecule has 0 aliphatic carbocycles. The van der Waals surface area contributed by atoms with Crippen LogP contribution in [0, 0.1) is 17.5 Å². The van der Waals surface area contributed by atoms with Gasteiger partial charge in [-0.2, -0.15) is 13.2 Å². The third-order valence-corrected chi connectivity index (χ3v) is 4.17. The fourth-order valence-corrected chi connectivity index (χ4v) is 2.55. The molecule has 0 bridgehead atoms. The van der Waals surface area contributed by atoms with Crippen molar-refractivity contribution in [2.24, 2.45) is 7.05 Å². The molecule has 1 amide bonds. The summed E-state index contributed by atoms with van der Waals surface area (Å²) >= 11 is 0.635. The van der Waals surface area contributed by atoms with Crippen LogP contribution in [0.2, 0.25) is 0 Å². The zero-order chi connectivity index (χ0) is 18.9. The molecule has 2 rings (SSSR count). The average Bonchev–Trinajstić information content (AvgIpc) is 2.88. The van der Waals surface area contributed by atoms with Crippen molar-refractivity contribution in [3.05, 3.63) is 35.4 Å². The number of rotatable bonds is 4. The standard InChI is InChI=1S/C13H10F6N4OS/c1-5(25-12-22-21-11(23(12)2)13(17,18)19)10(24)20-7-4-3-6(14)8(15)9(7)16/h3-5H,1-2H3,(H,20,24)/t5-/m0/s1. The van der Waals surface area contributed by atoms with Gasteiger partial charge in [-0.05, 0) is 19.1 Å². The maximum absolute atomic E-state index is 13.5. The van der Waals surface area contributed by atoms with Crippen LogP contribution in [0.25, 0.3) is 0 Å². The number of amides is 1. The van der Waals surface area contributed by atoms with E-state index in [0.717, 1.165) is 13.1 Å². The summed E-state index contributed by atoms with van der Waals surface area (Å²) in [6.45, 7) is 1.32. The molecule has 2 aromatic rings. The number of nitrogens with one attached hydrogen (secondary N) is 1. The minimum Gasteiger partial charge on any atom is -0.323 e. The van der Waals surface area contributed by atoms with Gasteiger partial charge in [-0.1, -0.05) is 11.8 Å². The summed E-state index contributed by atoms with van der Waals surface area (Å²) in [4.78, 5) is 12.0. The van der Waals surface area contributed by atoms with Gasteiger partial charge in [0.05, 0.1) is 10.9 Å². The van der Waals surface area contributed by atoms with Crippen LogP contribution in [-0.2, 0) is 18.0 Å². The fourth-order valence-electron chi connectivity index (χ4n) is 1.73. The van der Waals surface area contributed by atoms with E-state index in [2.05, 4.69) is 10.2 Å². The molecule has 1 aromatic carbocycles. The van der Waals surface area contributed by atoms with E-state index in [0.29, 0.717) is 22.4 Å². The first kappa shape index (κ1) is 19.1. The predicted molar refractivity (Wildman–Crippen MR) is 76.3 cm³/mol. The molecular formula is C13H10F6N4OS. The minimum absolute atomic E-state index is 0.194. The lowest BCUT2D eigenvalue weighted by atomic mass is 10.2. The highest BCUT2D eigenvalue weighted by Crippen LogP contribution is 2.31. The van der Waals surface area contributed by atoms with Crippen LogP contribution in [0.4, 0.5) is 32.0 Å². The zero-order valence-electron chi connectivity index (χ0n) is 12.7. The molecule has 0 saturated heterocycles. The summed E-state index contributed by atoms with van der Waals surface area (Å²) in [6.07, 6.45) is -4.71. The summed E-state index contributed by atoms with van der Waals surface area (Å²) in [7, 11) is 1.07. The number of aromatic nitrogens is 3. The number of hydrogen-bond acceptors (Lipinski definition) is 4. The lowest BCUT2D eigenvalue weighted by Gasteiger charge is -2.13. The van der Waals surface area contributed by atoms with Crippen LogP contribution < -0.4 is 5.32 Å². The van der Waals surface area contributed by atoms with E-state index in [9.17, 15) is 31.1 Å². The molecule has 136 valence electrons. The Balaban J connectivity index is 2.12. The van der Waals surface area contributed by atoms with Gasteiger partial charge in [0.15, 0.2) is 22.6 Å². The van der Waals surface area contributed by atoms with E-state index in [-0.39, 0.29) is 5.16 Å². The number of nitrogens with zero attached hydrogens (tertiary/aromatic N) is 3. The van der Waals surface area contributed by atoms with Crippen LogP contribution in [-0.4, -0.2) is 25.9 Å². The molecule has 0 aliphatic heterocycles. The molecule has 0 fully saturated rings. The smallest absolute Gasteiger partial charge is 0.323 e. The van der Waals surface area contributed by atoms with Gasteiger partial charge in [0, 0.05) is 7.05 Å². The number of carbonyl (C=O) groups excluding carboxylic acids is 1. The van der Waals surface area contributed by atoms with Gasteiger partial charge in [0.1, 0.15) is 0 Å². The Labute approximate surface area is 141 Å². The molecule has 1 heterocycles. The second-order valence-electron chi connectivity index (χ2n) is 4.84. The highest BCUT2D eigenvalue weighted by molar-refractivity contribution is 8.00. The van der Waals surface area contributed by atoms with Gasteiger partial charge < -0.3 is 9.88 Å². The maximum Gasteiger partial charge on any atom is 0.451 e. The molecule has 5 nitrogen and oxygen atoms in total. The van der Waals surface area contributed by atoms with Crippen molar-refractivity contribution in [1.29, 1.82) is 0 Å². The Morgan fingerprint density at radius 1 is 1.20 bits per heavy atom. The highest BCUT2D eigenvalue weighted by Gasteiger charge is 2.38. The van der Waals surface area contributed by atoms with Crippen LogP contribution in [0.5, 0.6) is 0 Å². The molecule has 1 aromatic heterocycles. The van der Waals surface area contributed by atoms with Crippen LogP contribution >= 0.6 is 11.8 Å². The second kappa shape index (κ2) is 6.94. The van der Waals surface area contributed by atoms with E-state index >= 15 is 0 Å². The molecular weight excluding hydrogens is 374 g/mol. The number of thioether (sulfide) groups is 1. The van der Waals surface area contributed by atoms with Crippen LogP contribution in [0.1, 0.15) is 12.7 Å². The molecule has 12 heteroatoms. The highest BCUT2D eigenvalue weighted by atomic mass is 32.2. The lowest BCUT2D eigenvalue weighted by molar-refractivity contribution is -0.147. The molecule has 1 N–H and O–H groups in total. The number of hydrogen-bond donors (Lipinski definition) is 1. The van der Waals surface area contributed by atoms with Gasteiger partial charge in [-0.3, -0.25) is 4.79 Å². The van der Waals surface area contributed by atoms with Crippen molar-refractivity contribution in [3.63, 3.8) is 0 Å². The van der Waals surface area contributed by atoms with Crippen molar-refractivity contribution < 1.29 is 31.1 Å². The van der Waals surface area contributed by atoms with E-state index < -0.39 is 46.3 Å². The average molecular weight is 384 g/mol. The van der Waals surface area contributed by atoms with Gasteiger partial charge in [0.25, 0.3) is 0 Å². The van der Waals surface area contributed by atoms with Crippen molar-refractivity contribution >= 4 is 23.4 Å². The third kappa shape index (κ3) is 4.06. The maximum atomic E-state index is 13.5. The monoisotopic (exact) mass is 384 g/mol. The summed E-state index contributed by atoms with van der Waals surface area (Å²) in [5.41, 5.74) is -0.592. The van der Waals surface area contributed by atoms with E-state index in [1.165, 1.54) is 6.92 Å². The Bertz CT molecular complexity index is 807. The topological polar surface area (TPSA) is 59.8 Å². The third-order valence-electron chi connectivity index (χ3n) is 3.03. The molecule has 0 saturated carbocycles. The Kier molecular flexibility index (Phi) is 5.30. The first-order valence-electron chi connectivity index (χ1n) is 6.60. The molecule has 25 heavy (non-hydrogen) atoms. The zero-order valence-corrected chi connectivity index (χ0v) is 13.5. The number of halogens is 6. The summed E-state index contributed by atoms with van der Waals surface area (Å²) in [6, 6.07) is 1.46. The minimum atomic E-state index is -4.71. The molecule has 0 radical (unpaired) electrons. The van der Waals surface area contributed by atoms with Crippen molar-refractivity contribution in [3.8, 4) is 0 Å². The van der Waals surface area contributed by atoms with E-state index in [1.807, 2.05) is 5.32 Å². The molecule has 1 atom stereocenters. The van der Waals surface area contributed by atoms with Crippen molar-refractivity contribution in [1.82, 2.24) is 14.8 Å². The molecule has 0 unspecified atom stereocenters. The van der Waals surface area contributed by atoms with E-state index in [4.69, 9.17) is 0 Å². The quantitative estimate of drug-likeness (QED) is 0.499. The summed E-state index contributed by atoms with van der Waals surface area (Å²) < 4.78 is 78.1. The lowest BCUT2D eigenvalue weighted by Crippen LogP contribution is -2.24. The van der Waals surface area contributed by atoms with E-state index in [1.54, 1.807) is 0 Å². The Morgan fingerprint density at radius 3 is 2.40 bits per heavy atom. The predicted octanol–water partition coefficient (Wildman–Crippen LogP) is 3.37. The number of alkyl halides is 3. The number of benzene rings is 1. The molecule has 0 aliphatic rings. The number of carbonyl (C=O) groups is 1. The summed E-state index contributed by atoms with van der Waals surface area (Å²) in [5, 5.41) is 7.17.